The average Bonchev–Trinajstić information content (AvgIpc) is 3.04. The summed E-state index contributed by atoms with van der Waals surface area (Å²) in [7, 11) is 0. The lowest BCUT2D eigenvalue weighted by atomic mass is 10.1. The number of thioether (sulfide) groups is 1. The second-order valence-corrected chi connectivity index (χ2v) is 6.22. The Labute approximate surface area is 138 Å². The minimum Gasteiger partial charge on any atom is -0.264 e. The molecule has 0 fully saturated rings. The molecule has 6 heteroatoms. The monoisotopic (exact) mass is 321 g/mol. The fourth-order valence-corrected chi connectivity index (χ4v) is 3.36. The van der Waals surface area contributed by atoms with E-state index >= 15 is 0 Å². The Morgan fingerprint density at radius 1 is 1.00 bits per heavy atom. The summed E-state index contributed by atoms with van der Waals surface area (Å²) in [5, 5.41) is 14.2. The van der Waals surface area contributed by atoms with Crippen molar-refractivity contribution in [2.24, 2.45) is 5.10 Å². The maximum absolute atomic E-state index is 4.76. The highest BCUT2D eigenvalue weighted by atomic mass is 32.2. The van der Waals surface area contributed by atoms with Gasteiger partial charge in [-0.15, -0.1) is 10.2 Å². The first-order valence-corrected chi connectivity index (χ1v) is 8.48. The fourth-order valence-electron chi connectivity index (χ4n) is 2.50. The molecule has 4 rings (SSSR count). The van der Waals surface area contributed by atoms with Crippen LogP contribution in [0.1, 0.15) is 17.0 Å². The van der Waals surface area contributed by atoms with Gasteiger partial charge in [-0.25, -0.2) is 0 Å². The van der Waals surface area contributed by atoms with Gasteiger partial charge in [0, 0.05) is 24.6 Å². The molecule has 0 radical (unpaired) electrons. The van der Waals surface area contributed by atoms with Crippen molar-refractivity contribution >= 4 is 17.5 Å². The number of fused-ring (bicyclic) bond motifs is 1. The maximum Gasteiger partial charge on any atom is 0.212 e. The zero-order valence-corrected chi connectivity index (χ0v) is 13.3. The van der Waals surface area contributed by atoms with Crippen LogP contribution in [0.15, 0.2) is 65.1 Å². The van der Waals surface area contributed by atoms with E-state index in [9.17, 15) is 0 Å². The van der Waals surface area contributed by atoms with E-state index < -0.39 is 0 Å². The van der Waals surface area contributed by atoms with Crippen molar-refractivity contribution in [2.45, 2.75) is 18.0 Å². The van der Waals surface area contributed by atoms with Gasteiger partial charge in [-0.05, 0) is 23.6 Å². The van der Waals surface area contributed by atoms with Gasteiger partial charge in [0.1, 0.15) is 0 Å². The van der Waals surface area contributed by atoms with Crippen molar-refractivity contribution in [1.29, 1.82) is 0 Å². The molecule has 3 aromatic rings. The van der Waals surface area contributed by atoms with Crippen molar-refractivity contribution < 1.29 is 0 Å². The predicted octanol–water partition coefficient (Wildman–Crippen LogP) is 2.82. The number of pyridine rings is 1. The van der Waals surface area contributed by atoms with E-state index in [0.29, 0.717) is 0 Å². The normalized spacial score (nSPS) is 13.5. The van der Waals surface area contributed by atoms with E-state index in [1.807, 2.05) is 35.1 Å². The number of aryl methyl sites for hydroxylation is 2. The molecule has 0 atom stereocenters. The third kappa shape index (κ3) is 3.03. The number of hydrogen-bond donors (Lipinski definition) is 0. The van der Waals surface area contributed by atoms with Gasteiger partial charge in [0.25, 0.3) is 0 Å². The third-order valence-electron chi connectivity index (χ3n) is 3.70. The Morgan fingerprint density at radius 3 is 2.74 bits per heavy atom. The van der Waals surface area contributed by atoms with Gasteiger partial charge in [-0.2, -0.15) is 9.78 Å². The molecule has 0 amide bonds. The molecule has 3 heterocycles. The van der Waals surface area contributed by atoms with E-state index in [-0.39, 0.29) is 0 Å². The third-order valence-corrected chi connectivity index (χ3v) is 4.63. The van der Waals surface area contributed by atoms with Crippen molar-refractivity contribution in [1.82, 2.24) is 19.9 Å². The van der Waals surface area contributed by atoms with Crippen LogP contribution in [0.25, 0.3) is 0 Å². The van der Waals surface area contributed by atoms with E-state index in [1.54, 1.807) is 18.0 Å². The molecule has 1 aromatic carbocycles. The molecule has 1 aliphatic heterocycles. The average molecular weight is 321 g/mol. The summed E-state index contributed by atoms with van der Waals surface area (Å²) in [6, 6.07) is 14.3. The Balaban J connectivity index is 1.59. The standard InChI is InChI=1S/C17H15N5S/c1-2-6-14(7-3-1)15-12-23-17-20-19-16(22(17)21-15)9-8-13-5-4-10-18-11-13/h1-7,10-11H,8-9,12H2. The summed E-state index contributed by atoms with van der Waals surface area (Å²) in [5.74, 6) is 1.72. The molecule has 5 nitrogen and oxygen atoms in total. The number of rotatable bonds is 4. The lowest BCUT2D eigenvalue weighted by Gasteiger charge is -2.13. The van der Waals surface area contributed by atoms with Crippen LogP contribution in [0.5, 0.6) is 0 Å². The topological polar surface area (TPSA) is 56.0 Å². The van der Waals surface area contributed by atoms with Crippen LogP contribution in [-0.4, -0.2) is 31.3 Å². The number of hydrogen-bond acceptors (Lipinski definition) is 5. The van der Waals surface area contributed by atoms with Crippen LogP contribution >= 0.6 is 11.8 Å². The Morgan fingerprint density at radius 2 is 1.91 bits per heavy atom. The minimum atomic E-state index is 0.796. The molecular formula is C17H15N5S. The Hall–Kier alpha value is -2.47. The molecule has 0 saturated heterocycles. The van der Waals surface area contributed by atoms with Gasteiger partial charge in [0.05, 0.1) is 5.71 Å². The summed E-state index contributed by atoms with van der Waals surface area (Å²) < 4.78 is 1.88. The van der Waals surface area contributed by atoms with Crippen LogP contribution < -0.4 is 0 Å². The first-order valence-electron chi connectivity index (χ1n) is 7.49. The summed E-state index contributed by atoms with van der Waals surface area (Å²) >= 11 is 1.68. The fraction of sp³-hybridized carbons (Fsp3) is 0.176. The van der Waals surface area contributed by atoms with Crippen molar-refractivity contribution in [3.05, 3.63) is 71.8 Å². The predicted molar refractivity (Wildman–Crippen MR) is 90.8 cm³/mol. The van der Waals surface area contributed by atoms with Gasteiger partial charge in [0.2, 0.25) is 5.16 Å². The van der Waals surface area contributed by atoms with Crippen LogP contribution in [0, 0.1) is 0 Å². The molecule has 0 saturated carbocycles. The van der Waals surface area contributed by atoms with Crippen LogP contribution in [0.3, 0.4) is 0 Å². The number of nitrogens with zero attached hydrogens (tertiary/aromatic N) is 5. The molecule has 1 aliphatic rings. The smallest absolute Gasteiger partial charge is 0.212 e. The Kier molecular flexibility index (Phi) is 3.90. The minimum absolute atomic E-state index is 0.796. The van der Waals surface area contributed by atoms with Crippen LogP contribution in [-0.2, 0) is 12.8 Å². The number of benzene rings is 1. The molecule has 23 heavy (non-hydrogen) atoms. The van der Waals surface area contributed by atoms with Crippen molar-refractivity contribution in [3.63, 3.8) is 0 Å². The van der Waals surface area contributed by atoms with Gasteiger partial charge < -0.3 is 0 Å². The van der Waals surface area contributed by atoms with Gasteiger partial charge >= 0.3 is 0 Å². The van der Waals surface area contributed by atoms with Gasteiger partial charge in [-0.1, -0.05) is 48.2 Å². The number of aromatic nitrogens is 4. The van der Waals surface area contributed by atoms with Crippen LogP contribution in [0.2, 0.25) is 0 Å². The SMILES string of the molecule is c1ccc(C2=Nn3c(CCc4cccnc4)nnc3SC2)cc1. The van der Waals surface area contributed by atoms with E-state index in [1.165, 1.54) is 5.56 Å². The molecule has 0 unspecified atom stereocenters. The zero-order valence-electron chi connectivity index (χ0n) is 12.5. The van der Waals surface area contributed by atoms with E-state index in [0.717, 1.165) is 40.9 Å². The molecule has 0 aliphatic carbocycles. The zero-order chi connectivity index (χ0) is 15.5. The lowest BCUT2D eigenvalue weighted by molar-refractivity contribution is 0.698. The Bertz CT molecular complexity index is 827. The van der Waals surface area contributed by atoms with Crippen molar-refractivity contribution in [2.75, 3.05) is 5.75 Å². The summed E-state index contributed by atoms with van der Waals surface area (Å²) in [5.41, 5.74) is 3.41. The van der Waals surface area contributed by atoms with E-state index in [2.05, 4.69) is 33.4 Å². The highest BCUT2D eigenvalue weighted by Gasteiger charge is 2.19. The second-order valence-electron chi connectivity index (χ2n) is 5.27. The van der Waals surface area contributed by atoms with Gasteiger partial charge in [0.15, 0.2) is 5.82 Å². The van der Waals surface area contributed by atoms with E-state index in [4.69, 9.17) is 5.10 Å². The van der Waals surface area contributed by atoms with Gasteiger partial charge in [-0.3, -0.25) is 4.98 Å². The first kappa shape index (κ1) is 14.1. The largest absolute Gasteiger partial charge is 0.264 e. The summed E-state index contributed by atoms with van der Waals surface area (Å²) in [6.45, 7) is 0. The molecule has 0 spiro atoms. The van der Waals surface area contributed by atoms with Crippen LogP contribution in [0.4, 0.5) is 0 Å². The quantitative estimate of drug-likeness (QED) is 0.741. The first-order chi connectivity index (χ1) is 11.4. The highest BCUT2D eigenvalue weighted by molar-refractivity contribution is 7.99. The molecular weight excluding hydrogens is 306 g/mol. The lowest BCUT2D eigenvalue weighted by Crippen LogP contribution is -2.14. The summed E-state index contributed by atoms with van der Waals surface area (Å²) in [4.78, 5) is 4.15. The second kappa shape index (κ2) is 6.34. The maximum atomic E-state index is 4.76. The molecule has 2 aromatic heterocycles. The molecule has 114 valence electrons. The molecule has 0 N–H and O–H groups in total. The molecule has 0 bridgehead atoms. The van der Waals surface area contributed by atoms with Crippen molar-refractivity contribution in [3.8, 4) is 0 Å². The highest BCUT2D eigenvalue weighted by Crippen LogP contribution is 2.24. The summed E-state index contributed by atoms with van der Waals surface area (Å²) in [6.07, 6.45) is 5.36.